The largest absolute Gasteiger partial charge is 0.465 e. The van der Waals surface area contributed by atoms with Crippen LogP contribution in [0.1, 0.15) is 49.8 Å². The van der Waals surface area contributed by atoms with Crippen molar-refractivity contribution >= 4 is 5.97 Å². The quantitative estimate of drug-likeness (QED) is 0.793. The molecule has 0 aliphatic carbocycles. The highest BCUT2D eigenvalue weighted by molar-refractivity contribution is 5.81. The Morgan fingerprint density at radius 2 is 1.95 bits per heavy atom. The zero-order chi connectivity index (χ0) is 15.4. The fourth-order valence-electron chi connectivity index (χ4n) is 2.17. The maximum absolute atomic E-state index is 12.4. The average molecular weight is 287 g/mol. The van der Waals surface area contributed by atoms with Crippen LogP contribution in [0.2, 0.25) is 0 Å². The smallest absolute Gasteiger partial charge is 0.321 e. The molecule has 1 aromatic carbocycles. The zero-order valence-electron chi connectivity index (χ0n) is 12.9. The van der Waals surface area contributed by atoms with Crippen molar-refractivity contribution in [3.8, 4) is 0 Å². The van der Waals surface area contributed by atoms with Crippen LogP contribution < -0.4 is 0 Å². The number of esters is 1. The molecule has 0 radical (unpaired) electrons. The third-order valence-corrected chi connectivity index (χ3v) is 3.24. The molecule has 2 rings (SSSR count). The van der Waals surface area contributed by atoms with Gasteiger partial charge in [0.15, 0.2) is 5.82 Å². The minimum atomic E-state index is -0.545. The molecule has 0 N–H and O–H groups in total. The van der Waals surface area contributed by atoms with Crippen LogP contribution in [-0.4, -0.2) is 27.3 Å². The Hall–Kier alpha value is -2.17. The second-order valence-electron chi connectivity index (χ2n) is 5.20. The lowest BCUT2D eigenvalue weighted by atomic mass is 9.98. The molecule has 0 amide bonds. The van der Waals surface area contributed by atoms with Crippen molar-refractivity contribution in [1.82, 2.24) is 14.8 Å². The molecule has 0 aliphatic heterocycles. The first-order valence-corrected chi connectivity index (χ1v) is 7.17. The van der Waals surface area contributed by atoms with Crippen LogP contribution in [0.15, 0.2) is 30.3 Å². The molecule has 5 heteroatoms. The van der Waals surface area contributed by atoms with Crippen LogP contribution >= 0.6 is 0 Å². The van der Waals surface area contributed by atoms with Gasteiger partial charge in [0.1, 0.15) is 11.7 Å². The van der Waals surface area contributed by atoms with E-state index in [-0.39, 0.29) is 11.9 Å². The Balaban J connectivity index is 2.47. The molecule has 5 nitrogen and oxygen atoms in total. The van der Waals surface area contributed by atoms with Gasteiger partial charge in [-0.05, 0) is 12.5 Å². The molecule has 0 saturated heterocycles. The molecular formula is C16H21N3O2. The van der Waals surface area contributed by atoms with Crippen LogP contribution in [0.5, 0.6) is 0 Å². The summed E-state index contributed by atoms with van der Waals surface area (Å²) in [5.41, 5.74) is 0.863. The number of hydrogen-bond donors (Lipinski definition) is 0. The van der Waals surface area contributed by atoms with Gasteiger partial charge in [-0.3, -0.25) is 9.48 Å². The van der Waals surface area contributed by atoms with Gasteiger partial charge in [-0.15, -0.1) is 0 Å². The highest BCUT2D eigenvalue weighted by Crippen LogP contribution is 2.25. The number of hydrogen-bond acceptors (Lipinski definition) is 4. The number of aryl methyl sites for hydroxylation is 1. The van der Waals surface area contributed by atoms with Crippen LogP contribution in [0, 0.1) is 0 Å². The summed E-state index contributed by atoms with van der Waals surface area (Å²) in [5, 5.41) is 4.40. The fourth-order valence-corrected chi connectivity index (χ4v) is 2.17. The van der Waals surface area contributed by atoms with Gasteiger partial charge in [0.05, 0.1) is 6.61 Å². The summed E-state index contributed by atoms with van der Waals surface area (Å²) in [6.07, 6.45) is 0. The lowest BCUT2D eigenvalue weighted by Crippen LogP contribution is -2.20. The standard InChI is InChI=1S/C16H21N3O2/c1-5-21-16(20)13(12-9-7-6-8-10-12)15-17-14(11(2)3)18-19(15)4/h6-11,13H,5H2,1-4H3. The van der Waals surface area contributed by atoms with Crippen molar-refractivity contribution in [2.45, 2.75) is 32.6 Å². The Kier molecular flexibility index (Phi) is 4.73. The molecular weight excluding hydrogens is 266 g/mol. The van der Waals surface area contributed by atoms with Gasteiger partial charge in [-0.2, -0.15) is 5.10 Å². The van der Waals surface area contributed by atoms with E-state index in [1.165, 1.54) is 0 Å². The van der Waals surface area contributed by atoms with Gasteiger partial charge < -0.3 is 4.74 Å². The molecule has 0 aliphatic rings. The van der Waals surface area contributed by atoms with Crippen LogP contribution in [0.25, 0.3) is 0 Å². The zero-order valence-corrected chi connectivity index (χ0v) is 12.9. The van der Waals surface area contributed by atoms with Crippen molar-refractivity contribution in [3.05, 3.63) is 47.5 Å². The number of carbonyl (C=O) groups excluding carboxylic acids is 1. The second-order valence-corrected chi connectivity index (χ2v) is 5.20. The SMILES string of the molecule is CCOC(=O)C(c1ccccc1)c1nc(C(C)C)nn1C. The highest BCUT2D eigenvalue weighted by Gasteiger charge is 2.29. The summed E-state index contributed by atoms with van der Waals surface area (Å²) in [7, 11) is 1.81. The molecule has 2 aromatic rings. The van der Waals surface area contributed by atoms with Gasteiger partial charge in [-0.25, -0.2) is 4.98 Å². The van der Waals surface area contributed by atoms with Gasteiger partial charge in [-0.1, -0.05) is 44.2 Å². The Labute approximate surface area is 125 Å². The lowest BCUT2D eigenvalue weighted by molar-refractivity contribution is -0.144. The fraction of sp³-hybridized carbons (Fsp3) is 0.438. The second kappa shape index (κ2) is 6.52. The van der Waals surface area contributed by atoms with Crippen molar-refractivity contribution in [3.63, 3.8) is 0 Å². The van der Waals surface area contributed by atoms with Crippen molar-refractivity contribution < 1.29 is 9.53 Å². The van der Waals surface area contributed by atoms with E-state index < -0.39 is 5.92 Å². The molecule has 1 unspecified atom stereocenters. The minimum Gasteiger partial charge on any atom is -0.465 e. The number of aromatic nitrogens is 3. The molecule has 1 aromatic heterocycles. The average Bonchev–Trinajstić information content (AvgIpc) is 2.83. The topological polar surface area (TPSA) is 57.0 Å². The lowest BCUT2D eigenvalue weighted by Gasteiger charge is -2.15. The summed E-state index contributed by atoms with van der Waals surface area (Å²) in [5.74, 6) is 0.718. The summed E-state index contributed by atoms with van der Waals surface area (Å²) >= 11 is 0. The van der Waals surface area contributed by atoms with Crippen molar-refractivity contribution in [2.24, 2.45) is 7.05 Å². The highest BCUT2D eigenvalue weighted by atomic mass is 16.5. The van der Waals surface area contributed by atoms with E-state index >= 15 is 0 Å². The first-order chi connectivity index (χ1) is 10.0. The van der Waals surface area contributed by atoms with Gasteiger partial charge in [0.2, 0.25) is 0 Å². The molecule has 0 bridgehead atoms. The molecule has 0 saturated carbocycles. The third-order valence-electron chi connectivity index (χ3n) is 3.24. The third kappa shape index (κ3) is 3.29. The summed E-state index contributed by atoms with van der Waals surface area (Å²) in [4.78, 5) is 16.9. The first-order valence-electron chi connectivity index (χ1n) is 7.17. The summed E-state index contributed by atoms with van der Waals surface area (Å²) < 4.78 is 6.89. The number of ether oxygens (including phenoxy) is 1. The monoisotopic (exact) mass is 287 g/mol. The van der Waals surface area contributed by atoms with Crippen LogP contribution in [0.3, 0.4) is 0 Å². The molecule has 112 valence electrons. The number of carbonyl (C=O) groups is 1. The summed E-state index contributed by atoms with van der Waals surface area (Å²) in [6, 6.07) is 9.54. The normalized spacial score (nSPS) is 12.4. The van der Waals surface area contributed by atoms with E-state index in [1.54, 1.807) is 11.6 Å². The van der Waals surface area contributed by atoms with Crippen LogP contribution in [0.4, 0.5) is 0 Å². The maximum atomic E-state index is 12.4. The van der Waals surface area contributed by atoms with E-state index in [4.69, 9.17) is 4.74 Å². The minimum absolute atomic E-state index is 0.212. The number of nitrogens with zero attached hydrogens (tertiary/aromatic N) is 3. The van der Waals surface area contributed by atoms with Gasteiger partial charge in [0, 0.05) is 13.0 Å². The Morgan fingerprint density at radius 1 is 1.29 bits per heavy atom. The first kappa shape index (κ1) is 15.2. The van der Waals surface area contributed by atoms with E-state index in [1.807, 2.05) is 51.2 Å². The Morgan fingerprint density at radius 3 is 2.48 bits per heavy atom. The predicted molar refractivity (Wildman–Crippen MR) is 80.0 cm³/mol. The molecule has 0 spiro atoms. The summed E-state index contributed by atoms with van der Waals surface area (Å²) in [6.45, 7) is 6.20. The van der Waals surface area contributed by atoms with Crippen molar-refractivity contribution in [1.29, 1.82) is 0 Å². The maximum Gasteiger partial charge on any atom is 0.321 e. The van der Waals surface area contributed by atoms with Crippen LogP contribution in [-0.2, 0) is 16.6 Å². The van der Waals surface area contributed by atoms with E-state index in [0.717, 1.165) is 11.4 Å². The van der Waals surface area contributed by atoms with E-state index in [0.29, 0.717) is 12.4 Å². The molecule has 0 fully saturated rings. The van der Waals surface area contributed by atoms with Gasteiger partial charge >= 0.3 is 5.97 Å². The predicted octanol–water partition coefficient (Wildman–Crippen LogP) is 2.63. The van der Waals surface area contributed by atoms with E-state index in [2.05, 4.69) is 10.1 Å². The Bertz CT molecular complexity index is 605. The number of benzene rings is 1. The van der Waals surface area contributed by atoms with E-state index in [9.17, 15) is 4.79 Å². The molecule has 1 heterocycles. The van der Waals surface area contributed by atoms with Crippen molar-refractivity contribution in [2.75, 3.05) is 6.61 Å². The molecule has 21 heavy (non-hydrogen) atoms. The molecule has 1 atom stereocenters. The van der Waals surface area contributed by atoms with Gasteiger partial charge in [0.25, 0.3) is 0 Å². The number of rotatable bonds is 5.